The van der Waals surface area contributed by atoms with Gasteiger partial charge in [-0.3, -0.25) is 0 Å². The van der Waals surface area contributed by atoms with Gasteiger partial charge in [0, 0.05) is 0 Å². The van der Waals surface area contributed by atoms with Crippen molar-refractivity contribution in [2.75, 3.05) is 13.7 Å². The molecule has 0 aromatic heterocycles. The van der Waals surface area contributed by atoms with Crippen LogP contribution in [0.4, 0.5) is 0 Å². The first-order valence-corrected chi connectivity index (χ1v) is 3.35. The summed E-state index contributed by atoms with van der Waals surface area (Å²) in [6.07, 6.45) is 1.90. The molecule has 48 valence electrons. The summed E-state index contributed by atoms with van der Waals surface area (Å²) >= 11 is 0. The molecule has 0 aliphatic rings. The average Bonchev–Trinajstić information content (AvgIpc) is 1.83. The number of ether oxygens (including phenoxy) is 1. The van der Waals surface area contributed by atoms with E-state index in [4.69, 9.17) is 9.16 Å². The van der Waals surface area contributed by atoms with Crippen LogP contribution in [0.1, 0.15) is 6.92 Å². The van der Waals surface area contributed by atoms with Gasteiger partial charge in [-0.25, -0.2) is 0 Å². The molecule has 0 aromatic rings. The lowest BCUT2D eigenvalue weighted by Crippen LogP contribution is -1.96. The van der Waals surface area contributed by atoms with Gasteiger partial charge in [-0.05, 0) is 13.0 Å². The van der Waals surface area contributed by atoms with Crippen molar-refractivity contribution >= 4 is 10.5 Å². The first-order valence-electron chi connectivity index (χ1n) is 2.53. The molecule has 0 unspecified atom stereocenters. The highest BCUT2D eigenvalue weighted by Gasteiger charge is 1.87. The zero-order valence-electron chi connectivity index (χ0n) is 5.60. The van der Waals surface area contributed by atoms with E-state index in [9.17, 15) is 0 Å². The molecule has 0 rings (SSSR count). The summed E-state index contributed by atoms with van der Waals surface area (Å²) in [5.74, 6) is 0.903. The van der Waals surface area contributed by atoms with E-state index >= 15 is 0 Å². The summed E-state index contributed by atoms with van der Waals surface area (Å²) in [7, 11) is 2.42. The van der Waals surface area contributed by atoms with Crippen molar-refractivity contribution in [2.45, 2.75) is 6.92 Å². The van der Waals surface area contributed by atoms with Gasteiger partial charge in [0.1, 0.15) is 16.2 Å². The minimum Gasteiger partial charge on any atom is -0.499 e. The molecule has 3 heteroatoms. The molecule has 0 amide bonds. The maximum atomic E-state index is 4.93. The van der Waals surface area contributed by atoms with Crippen molar-refractivity contribution in [3.05, 3.63) is 11.8 Å². The number of rotatable bonds is 3. The highest BCUT2D eigenvalue weighted by Crippen LogP contribution is 1.92. The molecular weight excluding hydrogens is 120 g/mol. The Labute approximate surface area is 53.0 Å². The first kappa shape index (κ1) is 7.72. The fraction of sp³-hybridized carbons (Fsp3) is 0.600. The van der Waals surface area contributed by atoms with Crippen LogP contribution in [0.3, 0.4) is 0 Å². The lowest BCUT2D eigenvalue weighted by atomic mass is 10.5. The first-order chi connectivity index (χ1) is 3.85. The van der Waals surface area contributed by atoms with Crippen LogP contribution in [-0.4, -0.2) is 24.2 Å². The van der Waals surface area contributed by atoms with Crippen LogP contribution in [0, 0.1) is 0 Å². The van der Waals surface area contributed by atoms with Crippen LogP contribution in [0.2, 0.25) is 0 Å². The monoisotopic (exact) mass is 132 g/mol. The average molecular weight is 132 g/mol. The van der Waals surface area contributed by atoms with E-state index in [-0.39, 0.29) is 0 Å². The molecule has 0 heterocycles. The van der Waals surface area contributed by atoms with E-state index in [1.807, 2.05) is 13.0 Å². The lowest BCUT2D eigenvalue weighted by molar-refractivity contribution is 0.227. The quantitative estimate of drug-likeness (QED) is 0.392. The molecule has 0 spiro atoms. The largest absolute Gasteiger partial charge is 0.499 e. The topological polar surface area (TPSA) is 18.5 Å². The second-order valence-electron chi connectivity index (χ2n) is 1.39. The fourth-order valence-electron chi connectivity index (χ4n) is 0.402. The summed E-state index contributed by atoms with van der Waals surface area (Å²) in [6, 6.07) is 0. The Balaban J connectivity index is 3.38. The van der Waals surface area contributed by atoms with E-state index in [0.29, 0.717) is 6.61 Å². The van der Waals surface area contributed by atoms with E-state index < -0.39 is 0 Å². The van der Waals surface area contributed by atoms with Crippen molar-refractivity contribution in [1.29, 1.82) is 0 Å². The predicted molar refractivity (Wildman–Crippen MR) is 36.7 cm³/mol. The van der Waals surface area contributed by atoms with E-state index in [1.54, 1.807) is 7.11 Å². The van der Waals surface area contributed by atoms with Crippen LogP contribution < -0.4 is 0 Å². The molecule has 0 aromatic carbocycles. The highest BCUT2D eigenvalue weighted by atomic mass is 28.2. The van der Waals surface area contributed by atoms with Crippen LogP contribution in [0.25, 0.3) is 0 Å². The van der Waals surface area contributed by atoms with Crippen LogP contribution in [-0.2, 0) is 9.16 Å². The molecular formula is C5H12O2Si. The van der Waals surface area contributed by atoms with Gasteiger partial charge in [0.05, 0.1) is 13.7 Å². The Hall–Kier alpha value is -0.283. The summed E-state index contributed by atoms with van der Waals surface area (Å²) in [5, 5.41) is 0. The molecule has 8 heavy (non-hydrogen) atoms. The molecule has 2 nitrogen and oxygen atoms in total. The van der Waals surface area contributed by atoms with Gasteiger partial charge in [0.2, 0.25) is 0 Å². The Bertz CT molecular complexity index is 80.5. The third-order valence-corrected chi connectivity index (χ3v) is 1.16. The Morgan fingerprint density at radius 1 is 1.75 bits per heavy atom. The van der Waals surface area contributed by atoms with E-state index in [2.05, 4.69) is 0 Å². The predicted octanol–water partition coefficient (Wildman–Crippen LogP) is -0.166. The van der Waals surface area contributed by atoms with Crippen molar-refractivity contribution < 1.29 is 9.16 Å². The van der Waals surface area contributed by atoms with Crippen LogP contribution in [0.5, 0.6) is 0 Å². The normalized spacial score (nSPS) is 12.0. The van der Waals surface area contributed by atoms with Gasteiger partial charge < -0.3 is 9.16 Å². The Kier molecular flexibility index (Phi) is 4.69. The molecule has 0 atom stereocenters. The molecule has 0 N–H and O–H groups in total. The standard InChI is InChI=1S/C5H12O2Si/c1-3-5(6-2)4-7-8/h3H,4H2,1-2,8H3. The fourth-order valence-corrected chi connectivity index (χ4v) is 0.687. The van der Waals surface area contributed by atoms with Gasteiger partial charge in [0.25, 0.3) is 0 Å². The van der Waals surface area contributed by atoms with Crippen LogP contribution in [0.15, 0.2) is 11.8 Å². The van der Waals surface area contributed by atoms with Crippen molar-refractivity contribution in [3.63, 3.8) is 0 Å². The summed E-state index contributed by atoms with van der Waals surface area (Å²) in [6.45, 7) is 2.55. The Morgan fingerprint density at radius 2 is 2.38 bits per heavy atom. The van der Waals surface area contributed by atoms with Gasteiger partial charge in [-0.1, -0.05) is 0 Å². The number of allylic oxidation sites excluding steroid dienone is 1. The Morgan fingerprint density at radius 3 is 2.50 bits per heavy atom. The maximum Gasteiger partial charge on any atom is 0.146 e. The number of hydrogen-bond acceptors (Lipinski definition) is 2. The van der Waals surface area contributed by atoms with Crippen LogP contribution >= 0.6 is 0 Å². The third kappa shape index (κ3) is 2.82. The molecule has 0 aliphatic carbocycles. The minimum atomic E-state index is 0.624. The minimum absolute atomic E-state index is 0.624. The summed E-state index contributed by atoms with van der Waals surface area (Å²) in [5.41, 5.74) is 0. The van der Waals surface area contributed by atoms with Crippen molar-refractivity contribution in [3.8, 4) is 0 Å². The van der Waals surface area contributed by atoms with Gasteiger partial charge in [-0.2, -0.15) is 0 Å². The second kappa shape index (κ2) is 4.87. The SMILES string of the molecule is CC=C(CO[SiH3])OC. The molecule has 0 bridgehead atoms. The molecule has 0 fully saturated rings. The smallest absolute Gasteiger partial charge is 0.146 e. The van der Waals surface area contributed by atoms with Crippen molar-refractivity contribution in [1.82, 2.24) is 0 Å². The molecule has 0 saturated carbocycles. The number of methoxy groups -OCH3 is 1. The molecule has 0 aliphatic heterocycles. The van der Waals surface area contributed by atoms with Gasteiger partial charge >= 0.3 is 0 Å². The molecule has 0 radical (unpaired) electrons. The van der Waals surface area contributed by atoms with Crippen molar-refractivity contribution in [2.24, 2.45) is 0 Å². The van der Waals surface area contributed by atoms with Gasteiger partial charge in [-0.15, -0.1) is 0 Å². The zero-order chi connectivity index (χ0) is 6.41. The zero-order valence-corrected chi connectivity index (χ0v) is 7.60. The maximum absolute atomic E-state index is 4.93. The summed E-state index contributed by atoms with van der Waals surface area (Å²) in [4.78, 5) is 0. The second-order valence-corrected chi connectivity index (χ2v) is 1.97. The van der Waals surface area contributed by atoms with E-state index in [0.717, 1.165) is 16.2 Å². The summed E-state index contributed by atoms with van der Waals surface area (Å²) < 4.78 is 9.83. The highest BCUT2D eigenvalue weighted by molar-refractivity contribution is 5.98. The third-order valence-electron chi connectivity index (χ3n) is 0.871. The lowest BCUT2D eigenvalue weighted by Gasteiger charge is -2.01. The molecule has 0 saturated heterocycles. The number of hydrogen-bond donors (Lipinski definition) is 0. The van der Waals surface area contributed by atoms with Gasteiger partial charge in [0.15, 0.2) is 0 Å². The van der Waals surface area contributed by atoms with E-state index in [1.165, 1.54) is 0 Å².